The molecule has 0 spiro atoms. The summed E-state index contributed by atoms with van der Waals surface area (Å²) in [6, 6.07) is -0.963. The molecule has 0 amide bonds. The molecule has 94 valence electrons. The number of terminal acetylenes is 1. The standard InChI is InChI=1S/C12H17NO4/c1-5-7-16-12(15)10(6-2)13-8-11(14)17-9(3)4/h2,5,9-10,13H,1,7-8H2,3-4H3. The molecule has 5 heteroatoms. The summed E-state index contributed by atoms with van der Waals surface area (Å²) in [5.41, 5.74) is 0. The van der Waals surface area contributed by atoms with Gasteiger partial charge in [0.25, 0.3) is 0 Å². The number of nitrogens with one attached hydrogen (secondary N) is 1. The van der Waals surface area contributed by atoms with Gasteiger partial charge >= 0.3 is 11.9 Å². The van der Waals surface area contributed by atoms with E-state index in [2.05, 4.69) is 17.8 Å². The van der Waals surface area contributed by atoms with Crippen molar-refractivity contribution >= 4 is 11.9 Å². The lowest BCUT2D eigenvalue weighted by atomic mass is 10.3. The van der Waals surface area contributed by atoms with E-state index in [1.54, 1.807) is 13.8 Å². The Morgan fingerprint density at radius 2 is 2.18 bits per heavy atom. The van der Waals surface area contributed by atoms with Gasteiger partial charge in [0.2, 0.25) is 0 Å². The fourth-order valence-electron chi connectivity index (χ4n) is 0.925. The smallest absolute Gasteiger partial charge is 0.336 e. The van der Waals surface area contributed by atoms with Gasteiger partial charge in [-0.15, -0.1) is 6.42 Å². The third-order valence-electron chi connectivity index (χ3n) is 1.56. The summed E-state index contributed by atoms with van der Waals surface area (Å²) in [7, 11) is 0. The Balaban J connectivity index is 4.06. The highest BCUT2D eigenvalue weighted by Crippen LogP contribution is 1.91. The second-order valence-corrected chi connectivity index (χ2v) is 3.44. The molecule has 0 heterocycles. The molecular weight excluding hydrogens is 222 g/mol. The first kappa shape index (κ1) is 15.2. The molecule has 1 atom stereocenters. The van der Waals surface area contributed by atoms with Gasteiger partial charge in [-0.05, 0) is 13.8 Å². The zero-order chi connectivity index (χ0) is 13.3. The van der Waals surface area contributed by atoms with Crippen molar-refractivity contribution in [3.63, 3.8) is 0 Å². The van der Waals surface area contributed by atoms with Crippen LogP contribution in [0, 0.1) is 12.3 Å². The van der Waals surface area contributed by atoms with E-state index in [0.29, 0.717) is 0 Å². The largest absolute Gasteiger partial charge is 0.462 e. The molecule has 0 radical (unpaired) electrons. The van der Waals surface area contributed by atoms with Crippen molar-refractivity contribution in [2.75, 3.05) is 13.2 Å². The van der Waals surface area contributed by atoms with Gasteiger partial charge in [-0.3, -0.25) is 10.1 Å². The topological polar surface area (TPSA) is 64.6 Å². The first-order chi connectivity index (χ1) is 8.01. The molecule has 0 saturated heterocycles. The molecule has 0 aromatic rings. The van der Waals surface area contributed by atoms with Crippen molar-refractivity contribution in [1.82, 2.24) is 5.32 Å². The molecule has 0 fully saturated rings. The second-order valence-electron chi connectivity index (χ2n) is 3.44. The Hall–Kier alpha value is -1.80. The molecule has 5 nitrogen and oxygen atoms in total. The Morgan fingerprint density at radius 1 is 1.53 bits per heavy atom. The number of hydrogen-bond acceptors (Lipinski definition) is 5. The van der Waals surface area contributed by atoms with Crippen LogP contribution in [0.15, 0.2) is 12.7 Å². The summed E-state index contributed by atoms with van der Waals surface area (Å²) < 4.78 is 9.61. The number of rotatable bonds is 7. The lowest BCUT2D eigenvalue weighted by Gasteiger charge is -2.12. The Labute approximate surface area is 101 Å². The highest BCUT2D eigenvalue weighted by atomic mass is 16.5. The van der Waals surface area contributed by atoms with Gasteiger partial charge in [-0.2, -0.15) is 0 Å². The molecule has 17 heavy (non-hydrogen) atoms. The number of carbonyl (C=O) groups is 2. The van der Waals surface area contributed by atoms with Crippen molar-refractivity contribution in [3.8, 4) is 12.3 Å². The van der Waals surface area contributed by atoms with E-state index in [0.717, 1.165) is 0 Å². The van der Waals surface area contributed by atoms with Crippen molar-refractivity contribution in [1.29, 1.82) is 0 Å². The average Bonchev–Trinajstić information content (AvgIpc) is 2.26. The van der Waals surface area contributed by atoms with Crippen LogP contribution in [-0.2, 0) is 19.1 Å². The third kappa shape index (κ3) is 7.14. The Kier molecular flexibility index (Phi) is 7.48. The summed E-state index contributed by atoms with van der Waals surface area (Å²) in [5.74, 6) is 1.10. The minimum absolute atomic E-state index is 0.0785. The van der Waals surface area contributed by atoms with E-state index < -0.39 is 18.0 Å². The van der Waals surface area contributed by atoms with Gasteiger partial charge in [-0.1, -0.05) is 18.6 Å². The van der Waals surface area contributed by atoms with Gasteiger partial charge in [0.05, 0.1) is 12.6 Å². The monoisotopic (exact) mass is 239 g/mol. The molecule has 0 bridgehead atoms. The minimum atomic E-state index is -0.963. The summed E-state index contributed by atoms with van der Waals surface area (Å²) in [6.45, 7) is 6.80. The van der Waals surface area contributed by atoms with Crippen LogP contribution in [0.25, 0.3) is 0 Å². The Bertz CT molecular complexity index is 317. The highest BCUT2D eigenvalue weighted by Gasteiger charge is 2.18. The molecule has 1 N–H and O–H groups in total. The maximum absolute atomic E-state index is 11.3. The molecular formula is C12H17NO4. The van der Waals surface area contributed by atoms with E-state index >= 15 is 0 Å². The summed E-state index contributed by atoms with van der Waals surface area (Å²) in [5, 5.41) is 2.56. The van der Waals surface area contributed by atoms with Crippen LogP contribution in [-0.4, -0.2) is 37.2 Å². The molecule has 0 saturated carbocycles. The van der Waals surface area contributed by atoms with Gasteiger partial charge in [0.15, 0.2) is 6.04 Å². The Morgan fingerprint density at radius 3 is 2.65 bits per heavy atom. The molecule has 0 aromatic heterocycles. The predicted molar refractivity (Wildman–Crippen MR) is 63.0 cm³/mol. The van der Waals surface area contributed by atoms with Gasteiger partial charge < -0.3 is 9.47 Å². The van der Waals surface area contributed by atoms with Gasteiger partial charge in [-0.25, -0.2) is 4.79 Å². The number of esters is 2. The van der Waals surface area contributed by atoms with Crippen molar-refractivity contribution in [2.24, 2.45) is 0 Å². The van der Waals surface area contributed by atoms with Crippen LogP contribution < -0.4 is 5.32 Å². The zero-order valence-electron chi connectivity index (χ0n) is 10.1. The van der Waals surface area contributed by atoms with Crippen LogP contribution in [0.2, 0.25) is 0 Å². The van der Waals surface area contributed by atoms with E-state index in [-0.39, 0.29) is 19.3 Å². The summed E-state index contributed by atoms with van der Waals surface area (Å²) in [6.07, 6.45) is 6.36. The van der Waals surface area contributed by atoms with Crippen LogP contribution in [0.1, 0.15) is 13.8 Å². The fraction of sp³-hybridized carbons (Fsp3) is 0.500. The third-order valence-corrected chi connectivity index (χ3v) is 1.56. The number of hydrogen-bond donors (Lipinski definition) is 1. The molecule has 0 aromatic carbocycles. The maximum Gasteiger partial charge on any atom is 0.336 e. The molecule has 0 aliphatic heterocycles. The quantitative estimate of drug-likeness (QED) is 0.392. The normalized spacial score (nSPS) is 11.4. The van der Waals surface area contributed by atoms with Crippen LogP contribution in [0.5, 0.6) is 0 Å². The zero-order valence-corrected chi connectivity index (χ0v) is 10.1. The first-order valence-corrected chi connectivity index (χ1v) is 5.17. The molecule has 0 aliphatic rings. The maximum atomic E-state index is 11.3. The van der Waals surface area contributed by atoms with E-state index in [1.807, 2.05) is 0 Å². The minimum Gasteiger partial charge on any atom is -0.462 e. The average molecular weight is 239 g/mol. The molecule has 0 aliphatic carbocycles. The SMILES string of the molecule is C#CC(NCC(=O)OC(C)C)C(=O)OCC=C. The first-order valence-electron chi connectivity index (χ1n) is 5.17. The van der Waals surface area contributed by atoms with E-state index in [4.69, 9.17) is 15.9 Å². The van der Waals surface area contributed by atoms with Crippen LogP contribution in [0.4, 0.5) is 0 Å². The van der Waals surface area contributed by atoms with Gasteiger partial charge in [0, 0.05) is 0 Å². The second kappa shape index (κ2) is 8.36. The van der Waals surface area contributed by atoms with Crippen molar-refractivity contribution in [2.45, 2.75) is 26.0 Å². The van der Waals surface area contributed by atoms with Crippen molar-refractivity contribution < 1.29 is 19.1 Å². The molecule has 1 unspecified atom stereocenters. The van der Waals surface area contributed by atoms with Gasteiger partial charge in [0.1, 0.15) is 6.61 Å². The highest BCUT2D eigenvalue weighted by molar-refractivity contribution is 5.80. The fourth-order valence-corrected chi connectivity index (χ4v) is 0.925. The lowest BCUT2D eigenvalue weighted by molar-refractivity contribution is -0.147. The molecule has 0 rings (SSSR count). The number of ether oxygens (including phenoxy) is 2. The van der Waals surface area contributed by atoms with E-state index in [1.165, 1.54) is 6.08 Å². The summed E-state index contributed by atoms with van der Waals surface area (Å²) in [4.78, 5) is 22.5. The van der Waals surface area contributed by atoms with E-state index in [9.17, 15) is 9.59 Å². The van der Waals surface area contributed by atoms with Crippen LogP contribution >= 0.6 is 0 Å². The number of carbonyl (C=O) groups excluding carboxylic acids is 2. The van der Waals surface area contributed by atoms with Crippen molar-refractivity contribution in [3.05, 3.63) is 12.7 Å². The van der Waals surface area contributed by atoms with Crippen LogP contribution in [0.3, 0.4) is 0 Å². The predicted octanol–water partition coefficient (Wildman–Crippen LogP) is 0.259. The summed E-state index contributed by atoms with van der Waals surface area (Å²) >= 11 is 0. The lowest BCUT2D eigenvalue weighted by Crippen LogP contribution is -2.40.